The zero-order valence-corrected chi connectivity index (χ0v) is 15.7. The Hall–Kier alpha value is -1.40. The second-order valence-corrected chi connectivity index (χ2v) is 6.45. The van der Waals surface area contributed by atoms with Gasteiger partial charge in [0.25, 0.3) is 0 Å². The molecule has 0 radical (unpaired) electrons. The van der Waals surface area contributed by atoms with Crippen LogP contribution in [0.2, 0.25) is 0 Å². The number of carbonyl (C=O) groups is 2. The first kappa shape index (κ1) is 19.6. The van der Waals surface area contributed by atoms with E-state index < -0.39 is 0 Å². The maximum Gasteiger partial charge on any atom is 0.238 e. The predicted octanol–water partition coefficient (Wildman–Crippen LogP) is 2.93. The summed E-state index contributed by atoms with van der Waals surface area (Å²) in [7, 11) is 0. The molecule has 23 heavy (non-hydrogen) atoms. The molecule has 0 saturated carbocycles. The topological polar surface area (TPSA) is 61.4 Å². The second kappa shape index (κ2) is 10.4. The van der Waals surface area contributed by atoms with E-state index in [0.29, 0.717) is 13.1 Å². The van der Waals surface area contributed by atoms with Crippen molar-refractivity contribution in [2.24, 2.45) is 0 Å². The molecule has 0 aliphatic carbocycles. The number of hydrogen-bond acceptors (Lipinski definition) is 3. The summed E-state index contributed by atoms with van der Waals surface area (Å²) in [5, 5.41) is 5.72. The Morgan fingerprint density at radius 2 is 1.83 bits per heavy atom. The molecule has 0 spiro atoms. The number of carbonyl (C=O) groups excluding carboxylic acids is 2. The van der Waals surface area contributed by atoms with Gasteiger partial charge in [0.05, 0.1) is 18.8 Å². The number of rotatable bonds is 9. The van der Waals surface area contributed by atoms with Crippen molar-refractivity contribution in [3.05, 3.63) is 28.2 Å². The monoisotopic (exact) mass is 383 g/mol. The van der Waals surface area contributed by atoms with Crippen molar-refractivity contribution in [3.63, 3.8) is 0 Å². The van der Waals surface area contributed by atoms with Crippen molar-refractivity contribution >= 4 is 33.4 Å². The van der Waals surface area contributed by atoms with Crippen LogP contribution in [0.4, 0.5) is 5.69 Å². The molecule has 0 atom stereocenters. The van der Waals surface area contributed by atoms with Crippen molar-refractivity contribution in [3.8, 4) is 0 Å². The molecule has 0 fully saturated rings. The van der Waals surface area contributed by atoms with E-state index in [0.717, 1.165) is 28.6 Å². The van der Waals surface area contributed by atoms with Crippen LogP contribution in [0, 0.1) is 6.92 Å². The minimum absolute atomic E-state index is 0.0374. The number of hydrogen-bond donors (Lipinski definition) is 2. The molecule has 128 valence electrons. The molecule has 0 aromatic heterocycles. The van der Waals surface area contributed by atoms with Crippen LogP contribution in [-0.4, -0.2) is 42.9 Å². The zero-order valence-electron chi connectivity index (χ0n) is 14.1. The lowest BCUT2D eigenvalue weighted by Crippen LogP contribution is -2.41. The van der Waals surface area contributed by atoms with E-state index in [1.165, 1.54) is 0 Å². The first-order chi connectivity index (χ1) is 11.0. The third-order valence-electron chi connectivity index (χ3n) is 3.25. The molecule has 1 aromatic rings. The third-order valence-corrected chi connectivity index (χ3v) is 3.90. The van der Waals surface area contributed by atoms with Crippen LogP contribution < -0.4 is 10.6 Å². The molecule has 0 saturated heterocycles. The number of nitrogens with one attached hydrogen (secondary N) is 2. The highest BCUT2D eigenvalue weighted by Crippen LogP contribution is 2.23. The van der Waals surface area contributed by atoms with Gasteiger partial charge in [-0.2, -0.15) is 0 Å². The van der Waals surface area contributed by atoms with Crippen molar-refractivity contribution in [1.29, 1.82) is 0 Å². The average Bonchev–Trinajstić information content (AvgIpc) is 2.48. The van der Waals surface area contributed by atoms with E-state index >= 15 is 0 Å². The molecule has 0 aliphatic heterocycles. The van der Waals surface area contributed by atoms with Crippen LogP contribution in [-0.2, 0) is 9.59 Å². The fourth-order valence-electron chi connectivity index (χ4n) is 2.17. The van der Waals surface area contributed by atoms with Crippen LogP contribution in [0.3, 0.4) is 0 Å². The maximum absolute atomic E-state index is 12.2. The molecule has 0 heterocycles. The largest absolute Gasteiger partial charge is 0.355 e. The van der Waals surface area contributed by atoms with Gasteiger partial charge in [-0.3, -0.25) is 14.5 Å². The Labute approximate surface area is 146 Å². The molecular weight excluding hydrogens is 358 g/mol. The Balaban J connectivity index is 2.57. The normalized spacial score (nSPS) is 10.7. The van der Waals surface area contributed by atoms with Crippen LogP contribution in [0.25, 0.3) is 0 Å². The fraction of sp³-hybridized carbons (Fsp3) is 0.529. The van der Waals surface area contributed by atoms with Gasteiger partial charge < -0.3 is 10.6 Å². The quantitative estimate of drug-likeness (QED) is 0.688. The summed E-state index contributed by atoms with van der Waals surface area (Å²) < 4.78 is 0.855. The highest BCUT2D eigenvalue weighted by molar-refractivity contribution is 9.10. The number of nitrogens with zero attached hydrogens (tertiary/aromatic N) is 1. The lowest BCUT2D eigenvalue weighted by molar-refractivity contribution is -0.123. The first-order valence-corrected chi connectivity index (χ1v) is 8.80. The molecule has 0 unspecified atom stereocenters. The van der Waals surface area contributed by atoms with Crippen LogP contribution >= 0.6 is 15.9 Å². The molecule has 2 N–H and O–H groups in total. The van der Waals surface area contributed by atoms with Gasteiger partial charge in [0, 0.05) is 11.0 Å². The molecule has 2 amide bonds. The molecular formula is C17H26BrN3O2. The van der Waals surface area contributed by atoms with E-state index in [2.05, 4.69) is 26.6 Å². The van der Waals surface area contributed by atoms with Gasteiger partial charge in [0.15, 0.2) is 0 Å². The molecule has 1 aromatic carbocycles. The van der Waals surface area contributed by atoms with Crippen LogP contribution in [0.1, 0.15) is 32.3 Å². The SMILES string of the molecule is CCCNC(=O)CN(CCC)CC(=O)Nc1ccc(C)cc1Br. The Morgan fingerprint density at radius 3 is 2.43 bits per heavy atom. The zero-order chi connectivity index (χ0) is 17.2. The second-order valence-electron chi connectivity index (χ2n) is 5.59. The number of amides is 2. The fourth-order valence-corrected chi connectivity index (χ4v) is 2.76. The van der Waals surface area contributed by atoms with Crippen LogP contribution in [0.5, 0.6) is 0 Å². The van der Waals surface area contributed by atoms with E-state index in [-0.39, 0.29) is 24.9 Å². The minimum atomic E-state index is -0.119. The average molecular weight is 384 g/mol. The highest BCUT2D eigenvalue weighted by Gasteiger charge is 2.14. The standard InChI is InChI=1S/C17H26BrN3O2/c1-4-8-19-16(22)11-21(9-5-2)12-17(23)20-15-7-6-13(3)10-14(15)18/h6-7,10H,4-5,8-9,11-12H2,1-3H3,(H,19,22)(H,20,23). The van der Waals surface area contributed by atoms with Gasteiger partial charge in [-0.1, -0.05) is 19.9 Å². The van der Waals surface area contributed by atoms with Gasteiger partial charge in [0.2, 0.25) is 11.8 Å². The van der Waals surface area contributed by atoms with E-state index in [1.54, 1.807) is 0 Å². The van der Waals surface area contributed by atoms with Crippen molar-refractivity contribution in [1.82, 2.24) is 10.2 Å². The molecule has 0 aliphatic rings. The van der Waals surface area contributed by atoms with Gasteiger partial charge in [-0.15, -0.1) is 0 Å². The Kier molecular flexibility index (Phi) is 8.87. The lowest BCUT2D eigenvalue weighted by Gasteiger charge is -2.20. The van der Waals surface area contributed by atoms with Gasteiger partial charge >= 0.3 is 0 Å². The van der Waals surface area contributed by atoms with E-state index in [4.69, 9.17) is 0 Å². The van der Waals surface area contributed by atoms with Crippen molar-refractivity contribution < 1.29 is 9.59 Å². The number of anilines is 1. The number of aryl methyl sites for hydroxylation is 1. The summed E-state index contributed by atoms with van der Waals surface area (Å²) in [4.78, 5) is 25.9. The summed E-state index contributed by atoms with van der Waals surface area (Å²) >= 11 is 3.45. The molecule has 5 nitrogen and oxygen atoms in total. The summed E-state index contributed by atoms with van der Waals surface area (Å²) in [6, 6.07) is 5.77. The summed E-state index contributed by atoms with van der Waals surface area (Å²) in [5.74, 6) is -0.157. The number of halogens is 1. The van der Waals surface area contributed by atoms with Crippen LogP contribution in [0.15, 0.2) is 22.7 Å². The van der Waals surface area contributed by atoms with E-state index in [1.807, 2.05) is 43.9 Å². The highest BCUT2D eigenvalue weighted by atomic mass is 79.9. The smallest absolute Gasteiger partial charge is 0.238 e. The first-order valence-electron chi connectivity index (χ1n) is 8.01. The molecule has 0 bridgehead atoms. The van der Waals surface area contributed by atoms with E-state index in [9.17, 15) is 9.59 Å². The molecule has 6 heteroatoms. The number of benzene rings is 1. The Bertz CT molecular complexity index is 535. The summed E-state index contributed by atoms with van der Waals surface area (Å²) in [5.41, 5.74) is 1.86. The Morgan fingerprint density at radius 1 is 1.13 bits per heavy atom. The summed E-state index contributed by atoms with van der Waals surface area (Å²) in [6.07, 6.45) is 1.80. The minimum Gasteiger partial charge on any atom is -0.355 e. The van der Waals surface area contributed by atoms with Crippen molar-refractivity contribution in [2.45, 2.75) is 33.6 Å². The third kappa shape index (κ3) is 7.61. The van der Waals surface area contributed by atoms with Crippen molar-refractivity contribution in [2.75, 3.05) is 31.5 Å². The van der Waals surface area contributed by atoms with Gasteiger partial charge in [-0.05, 0) is 59.9 Å². The summed E-state index contributed by atoms with van der Waals surface area (Å²) in [6.45, 7) is 7.87. The predicted molar refractivity (Wildman–Crippen MR) is 97.5 cm³/mol. The van der Waals surface area contributed by atoms with Gasteiger partial charge in [0.1, 0.15) is 0 Å². The maximum atomic E-state index is 12.2. The van der Waals surface area contributed by atoms with Gasteiger partial charge in [-0.25, -0.2) is 0 Å². The lowest BCUT2D eigenvalue weighted by atomic mass is 10.2. The molecule has 1 rings (SSSR count).